The summed E-state index contributed by atoms with van der Waals surface area (Å²) in [6.07, 6.45) is 3.26. The zero-order chi connectivity index (χ0) is 19.0. The molecule has 1 aromatic heterocycles. The highest BCUT2D eigenvalue weighted by Gasteiger charge is 2.45. The van der Waals surface area contributed by atoms with Gasteiger partial charge in [0.2, 0.25) is 0 Å². The fourth-order valence-electron chi connectivity index (χ4n) is 3.27. The zero-order valence-corrected chi connectivity index (χ0v) is 15.4. The summed E-state index contributed by atoms with van der Waals surface area (Å²) < 4.78 is 0. The van der Waals surface area contributed by atoms with Crippen LogP contribution in [0.15, 0.2) is 54.1 Å². The van der Waals surface area contributed by atoms with Gasteiger partial charge < -0.3 is 5.11 Å². The molecule has 0 radical (unpaired) electrons. The van der Waals surface area contributed by atoms with Crippen molar-refractivity contribution in [1.29, 1.82) is 0 Å². The van der Waals surface area contributed by atoms with Gasteiger partial charge in [0.15, 0.2) is 11.5 Å². The first kappa shape index (κ1) is 17.9. The molecule has 2 aromatic rings. The third-order valence-corrected chi connectivity index (χ3v) is 4.83. The highest BCUT2D eigenvalue weighted by Crippen LogP contribution is 2.42. The van der Waals surface area contributed by atoms with Crippen molar-refractivity contribution in [2.45, 2.75) is 33.7 Å². The number of aliphatic hydroxyl groups is 1. The summed E-state index contributed by atoms with van der Waals surface area (Å²) in [6.45, 7) is 7.41. The van der Waals surface area contributed by atoms with E-state index in [1.54, 1.807) is 32.3 Å². The van der Waals surface area contributed by atoms with Crippen LogP contribution in [-0.4, -0.2) is 21.8 Å². The molecule has 5 nitrogen and oxygen atoms in total. The van der Waals surface area contributed by atoms with Gasteiger partial charge in [-0.25, -0.2) is 0 Å². The van der Waals surface area contributed by atoms with Crippen LogP contribution >= 0.6 is 0 Å². The van der Waals surface area contributed by atoms with Crippen LogP contribution in [0, 0.1) is 19.8 Å². The topological polar surface area (TPSA) is 70.5 Å². The molecule has 1 atom stereocenters. The van der Waals surface area contributed by atoms with Gasteiger partial charge in [0.1, 0.15) is 0 Å². The number of Topliss-reactive ketones (excluding diaryl/α,β-unsaturated/α-hetero) is 1. The highest BCUT2D eigenvalue weighted by atomic mass is 16.3. The van der Waals surface area contributed by atoms with Crippen molar-refractivity contribution >= 4 is 17.4 Å². The molecule has 0 saturated heterocycles. The number of anilines is 1. The van der Waals surface area contributed by atoms with E-state index in [1.807, 2.05) is 38.1 Å². The van der Waals surface area contributed by atoms with Crippen molar-refractivity contribution in [2.24, 2.45) is 5.92 Å². The van der Waals surface area contributed by atoms with Gasteiger partial charge >= 0.3 is 0 Å². The maximum absolute atomic E-state index is 12.9. The third-order valence-electron chi connectivity index (χ3n) is 4.83. The van der Waals surface area contributed by atoms with Crippen molar-refractivity contribution in [3.8, 4) is 0 Å². The van der Waals surface area contributed by atoms with Gasteiger partial charge in [-0.05, 0) is 42.7 Å². The number of nitrogens with zero attached hydrogens (tertiary/aromatic N) is 2. The predicted molar refractivity (Wildman–Crippen MR) is 99.9 cm³/mol. The number of aryl methyl sites for hydroxylation is 1. The molecule has 1 amide bonds. The van der Waals surface area contributed by atoms with Crippen molar-refractivity contribution in [3.05, 3.63) is 70.7 Å². The molecule has 2 heterocycles. The predicted octanol–water partition coefficient (Wildman–Crippen LogP) is 3.82. The smallest absolute Gasteiger partial charge is 0.294 e. The first-order valence-electron chi connectivity index (χ1n) is 8.61. The molecule has 3 rings (SSSR count). The van der Waals surface area contributed by atoms with E-state index in [0.29, 0.717) is 11.3 Å². The van der Waals surface area contributed by atoms with Crippen molar-refractivity contribution in [2.75, 3.05) is 4.90 Å². The van der Waals surface area contributed by atoms with Crippen LogP contribution in [-0.2, 0) is 9.59 Å². The minimum absolute atomic E-state index is 0.138. The maximum Gasteiger partial charge on any atom is 0.294 e. The first-order valence-corrected chi connectivity index (χ1v) is 8.61. The fraction of sp³-hybridized carbons (Fsp3) is 0.286. The quantitative estimate of drug-likeness (QED) is 0.910. The number of carbonyl (C=O) groups is 2. The van der Waals surface area contributed by atoms with Crippen LogP contribution < -0.4 is 4.90 Å². The molecule has 1 aliphatic rings. The standard InChI is InChI=1S/C21H22N2O3/c1-12(2)19(24)17-18(15-8-6-10-22-11-15)23(21(26)20(17)25)16-9-5-7-13(3)14(16)4/h5-12,18,25H,1-4H3. The number of ketones is 1. The van der Waals surface area contributed by atoms with E-state index in [9.17, 15) is 14.7 Å². The Morgan fingerprint density at radius 2 is 1.92 bits per heavy atom. The minimum Gasteiger partial charge on any atom is -0.503 e. The van der Waals surface area contributed by atoms with Crippen LogP contribution in [0.2, 0.25) is 0 Å². The van der Waals surface area contributed by atoms with E-state index >= 15 is 0 Å². The zero-order valence-electron chi connectivity index (χ0n) is 15.4. The van der Waals surface area contributed by atoms with Gasteiger partial charge in [0.25, 0.3) is 5.91 Å². The lowest BCUT2D eigenvalue weighted by Gasteiger charge is -2.28. The Morgan fingerprint density at radius 3 is 2.54 bits per heavy atom. The SMILES string of the molecule is Cc1cccc(N2C(=O)C(O)=C(C(=O)C(C)C)C2c2cccnc2)c1C. The van der Waals surface area contributed by atoms with Gasteiger partial charge in [-0.1, -0.05) is 32.0 Å². The second-order valence-corrected chi connectivity index (χ2v) is 6.86. The molecule has 0 fully saturated rings. The molecule has 1 unspecified atom stereocenters. The number of hydrogen-bond acceptors (Lipinski definition) is 4. The Labute approximate surface area is 153 Å². The lowest BCUT2D eigenvalue weighted by atomic mass is 9.91. The van der Waals surface area contributed by atoms with Crippen LogP contribution in [0.3, 0.4) is 0 Å². The van der Waals surface area contributed by atoms with E-state index < -0.39 is 17.7 Å². The third kappa shape index (κ3) is 2.79. The monoisotopic (exact) mass is 350 g/mol. The molecule has 0 aliphatic carbocycles. The van der Waals surface area contributed by atoms with Crippen LogP contribution in [0.25, 0.3) is 0 Å². The van der Waals surface area contributed by atoms with Gasteiger partial charge in [-0.3, -0.25) is 19.5 Å². The largest absolute Gasteiger partial charge is 0.503 e. The number of carbonyl (C=O) groups excluding carboxylic acids is 2. The van der Waals surface area contributed by atoms with Gasteiger partial charge in [0.05, 0.1) is 11.6 Å². The van der Waals surface area contributed by atoms with Crippen LogP contribution in [0.1, 0.15) is 36.6 Å². The van der Waals surface area contributed by atoms with Gasteiger partial charge in [-0.2, -0.15) is 0 Å². The van der Waals surface area contributed by atoms with Gasteiger partial charge in [-0.15, -0.1) is 0 Å². The summed E-state index contributed by atoms with van der Waals surface area (Å²) >= 11 is 0. The summed E-state index contributed by atoms with van der Waals surface area (Å²) in [4.78, 5) is 31.4. The highest BCUT2D eigenvalue weighted by molar-refractivity contribution is 6.17. The summed E-state index contributed by atoms with van der Waals surface area (Å²) in [5.41, 5.74) is 3.47. The lowest BCUT2D eigenvalue weighted by molar-refractivity contribution is -0.119. The Kier molecular flexibility index (Phi) is 4.64. The maximum atomic E-state index is 12.9. The Morgan fingerprint density at radius 1 is 1.19 bits per heavy atom. The molecule has 1 aromatic carbocycles. The molecule has 1 aliphatic heterocycles. The summed E-state index contributed by atoms with van der Waals surface area (Å²) in [5.74, 6) is -1.61. The number of rotatable bonds is 4. The van der Waals surface area contributed by atoms with E-state index in [2.05, 4.69) is 4.98 Å². The Bertz CT molecular complexity index is 901. The molecule has 134 valence electrons. The van der Waals surface area contributed by atoms with E-state index in [-0.39, 0.29) is 17.3 Å². The Hall–Kier alpha value is -2.95. The molecule has 0 bridgehead atoms. The van der Waals surface area contributed by atoms with Crippen molar-refractivity contribution in [1.82, 2.24) is 4.98 Å². The van der Waals surface area contributed by atoms with Gasteiger partial charge in [0, 0.05) is 24.0 Å². The van der Waals surface area contributed by atoms with Crippen molar-refractivity contribution in [3.63, 3.8) is 0 Å². The molecule has 0 spiro atoms. The van der Waals surface area contributed by atoms with Crippen LogP contribution in [0.5, 0.6) is 0 Å². The van der Waals surface area contributed by atoms with E-state index in [1.165, 1.54) is 4.90 Å². The summed E-state index contributed by atoms with van der Waals surface area (Å²) in [5, 5.41) is 10.5. The minimum atomic E-state index is -0.688. The summed E-state index contributed by atoms with van der Waals surface area (Å²) in [7, 11) is 0. The number of benzene rings is 1. The molecule has 1 N–H and O–H groups in total. The number of pyridine rings is 1. The van der Waals surface area contributed by atoms with E-state index in [0.717, 1.165) is 11.1 Å². The number of amides is 1. The number of hydrogen-bond donors (Lipinski definition) is 1. The normalized spacial score (nSPS) is 17.3. The average Bonchev–Trinajstić information content (AvgIpc) is 2.89. The molecule has 26 heavy (non-hydrogen) atoms. The van der Waals surface area contributed by atoms with E-state index in [4.69, 9.17) is 0 Å². The number of aliphatic hydroxyl groups excluding tert-OH is 1. The molecule has 0 saturated carbocycles. The molecular weight excluding hydrogens is 328 g/mol. The average molecular weight is 350 g/mol. The fourth-order valence-corrected chi connectivity index (χ4v) is 3.27. The summed E-state index contributed by atoms with van der Waals surface area (Å²) in [6, 6.07) is 8.55. The lowest BCUT2D eigenvalue weighted by Crippen LogP contribution is -2.32. The molecule has 5 heteroatoms. The Balaban J connectivity index is 2.23. The second-order valence-electron chi connectivity index (χ2n) is 6.86. The van der Waals surface area contributed by atoms with Crippen LogP contribution in [0.4, 0.5) is 5.69 Å². The second kappa shape index (κ2) is 6.75. The first-order chi connectivity index (χ1) is 12.3. The molecular formula is C21H22N2O3. The van der Waals surface area contributed by atoms with Crippen molar-refractivity contribution < 1.29 is 14.7 Å². The number of aromatic nitrogens is 1.